The molecule has 0 aliphatic carbocycles. The van der Waals surface area contributed by atoms with Gasteiger partial charge in [-0.1, -0.05) is 115 Å². The van der Waals surface area contributed by atoms with E-state index >= 15 is 0 Å². The summed E-state index contributed by atoms with van der Waals surface area (Å²) in [6.07, 6.45) is 0.927. The van der Waals surface area contributed by atoms with E-state index in [9.17, 15) is 18.0 Å². The molecule has 7 nitrogen and oxygen atoms in total. The Balaban J connectivity index is 1.82. The Labute approximate surface area is 275 Å². The molecule has 0 bridgehead atoms. The van der Waals surface area contributed by atoms with Gasteiger partial charge in [0.15, 0.2) is 0 Å². The molecular formula is C35H37Cl2N3O4S. The number of hydrogen-bond acceptors (Lipinski definition) is 4. The van der Waals surface area contributed by atoms with Crippen molar-refractivity contribution in [2.45, 2.75) is 57.1 Å². The number of sulfonamides is 1. The third-order valence-corrected chi connectivity index (χ3v) is 10.1. The van der Waals surface area contributed by atoms with Crippen molar-refractivity contribution in [2.24, 2.45) is 0 Å². The van der Waals surface area contributed by atoms with Gasteiger partial charge in [-0.25, -0.2) is 8.42 Å². The monoisotopic (exact) mass is 665 g/mol. The molecule has 1 N–H and O–H groups in total. The molecule has 45 heavy (non-hydrogen) atoms. The van der Waals surface area contributed by atoms with Crippen LogP contribution in [-0.2, 0) is 32.6 Å². The van der Waals surface area contributed by atoms with Crippen LogP contribution < -0.4 is 9.62 Å². The van der Waals surface area contributed by atoms with Gasteiger partial charge in [-0.05, 0) is 55.7 Å². The molecule has 4 aromatic carbocycles. The van der Waals surface area contributed by atoms with Crippen molar-refractivity contribution >= 4 is 50.7 Å². The zero-order chi connectivity index (χ0) is 32.6. The van der Waals surface area contributed by atoms with Gasteiger partial charge in [0.1, 0.15) is 12.6 Å². The number of anilines is 1. The SMILES string of the molecule is CC[C@@H](C)NC(=O)[C@@H](Cc1ccccc1)N(Cc1ccccc1)C(=O)CN(c1cccc(Cl)c1Cl)S(=O)(=O)c1ccc(C)cc1. The van der Waals surface area contributed by atoms with Crippen LogP contribution in [0.2, 0.25) is 10.0 Å². The smallest absolute Gasteiger partial charge is 0.264 e. The maximum absolute atomic E-state index is 14.5. The van der Waals surface area contributed by atoms with Crippen LogP contribution >= 0.6 is 23.2 Å². The van der Waals surface area contributed by atoms with Crippen LogP contribution in [0.1, 0.15) is 37.0 Å². The first kappa shape index (κ1) is 34.0. The van der Waals surface area contributed by atoms with Gasteiger partial charge in [-0.3, -0.25) is 13.9 Å². The van der Waals surface area contributed by atoms with Crippen LogP contribution in [0, 0.1) is 6.92 Å². The fourth-order valence-electron chi connectivity index (χ4n) is 4.81. The summed E-state index contributed by atoms with van der Waals surface area (Å²) in [6, 6.07) is 28.6. The highest BCUT2D eigenvalue weighted by Gasteiger charge is 2.35. The highest BCUT2D eigenvalue weighted by molar-refractivity contribution is 7.92. The third kappa shape index (κ3) is 8.66. The summed E-state index contributed by atoms with van der Waals surface area (Å²) in [5.41, 5.74) is 2.58. The minimum atomic E-state index is -4.30. The largest absolute Gasteiger partial charge is 0.352 e. The van der Waals surface area contributed by atoms with E-state index in [1.165, 1.54) is 23.1 Å². The fraction of sp³-hybridized carbons (Fsp3) is 0.257. The highest BCUT2D eigenvalue weighted by atomic mass is 35.5. The standard InChI is InChI=1S/C35H37Cl2N3O4S/c1-4-26(3)38-35(42)32(22-27-12-7-5-8-13-27)39(23-28-14-9-6-10-15-28)33(41)24-40(31-17-11-16-30(36)34(31)37)45(43,44)29-20-18-25(2)19-21-29/h5-21,26,32H,4,22-24H2,1-3H3,(H,38,42)/t26-,32-/m1/s1. The summed E-state index contributed by atoms with van der Waals surface area (Å²) >= 11 is 12.9. The third-order valence-electron chi connectivity index (χ3n) is 7.56. The molecule has 0 spiro atoms. The van der Waals surface area contributed by atoms with Crippen LogP contribution in [0.15, 0.2) is 108 Å². The Morgan fingerprint density at radius 1 is 0.822 bits per heavy atom. The lowest BCUT2D eigenvalue weighted by Crippen LogP contribution is -2.54. The minimum absolute atomic E-state index is 0.00684. The van der Waals surface area contributed by atoms with Gasteiger partial charge in [0.2, 0.25) is 11.8 Å². The number of carbonyl (C=O) groups excluding carboxylic acids is 2. The molecule has 10 heteroatoms. The van der Waals surface area contributed by atoms with Crippen LogP contribution in [0.4, 0.5) is 5.69 Å². The molecule has 0 saturated carbocycles. The summed E-state index contributed by atoms with van der Waals surface area (Å²) < 4.78 is 29.3. The lowest BCUT2D eigenvalue weighted by Gasteiger charge is -2.34. The highest BCUT2D eigenvalue weighted by Crippen LogP contribution is 2.35. The van der Waals surface area contributed by atoms with Crippen molar-refractivity contribution in [3.63, 3.8) is 0 Å². The molecule has 0 aromatic heterocycles. The second-order valence-corrected chi connectivity index (χ2v) is 13.6. The van der Waals surface area contributed by atoms with Crippen LogP contribution in [0.3, 0.4) is 0 Å². The average molecular weight is 667 g/mol. The average Bonchev–Trinajstić information content (AvgIpc) is 3.04. The lowest BCUT2D eigenvalue weighted by molar-refractivity contribution is -0.140. The molecule has 4 rings (SSSR count). The normalized spacial score (nSPS) is 12.6. The van der Waals surface area contributed by atoms with Crippen molar-refractivity contribution in [3.8, 4) is 0 Å². The van der Waals surface area contributed by atoms with Gasteiger partial charge >= 0.3 is 0 Å². The number of amides is 2. The molecule has 2 amide bonds. The van der Waals surface area contributed by atoms with E-state index in [1.54, 1.807) is 24.3 Å². The summed E-state index contributed by atoms with van der Waals surface area (Å²) in [5.74, 6) is -0.906. The Kier molecular flexibility index (Phi) is 11.7. The number of halogens is 2. The summed E-state index contributed by atoms with van der Waals surface area (Å²) in [6.45, 7) is 5.17. The predicted molar refractivity (Wildman–Crippen MR) is 181 cm³/mol. The lowest BCUT2D eigenvalue weighted by atomic mass is 10.0. The van der Waals surface area contributed by atoms with Crippen LogP contribution in [0.25, 0.3) is 0 Å². The second kappa shape index (κ2) is 15.4. The number of nitrogens with one attached hydrogen (secondary N) is 1. The topological polar surface area (TPSA) is 86.8 Å². The zero-order valence-electron chi connectivity index (χ0n) is 25.5. The quantitative estimate of drug-likeness (QED) is 0.166. The van der Waals surface area contributed by atoms with Gasteiger partial charge in [-0.2, -0.15) is 0 Å². The van der Waals surface area contributed by atoms with E-state index in [0.29, 0.717) is 6.42 Å². The van der Waals surface area contributed by atoms with Crippen molar-refractivity contribution < 1.29 is 18.0 Å². The molecule has 0 radical (unpaired) electrons. The minimum Gasteiger partial charge on any atom is -0.352 e. The maximum atomic E-state index is 14.5. The van der Waals surface area contributed by atoms with Gasteiger partial charge < -0.3 is 10.2 Å². The summed E-state index contributed by atoms with van der Waals surface area (Å²) in [4.78, 5) is 29.8. The Bertz CT molecular complexity index is 1700. The Morgan fingerprint density at radius 3 is 2.02 bits per heavy atom. The van der Waals surface area contributed by atoms with Gasteiger partial charge in [0.05, 0.1) is 20.6 Å². The van der Waals surface area contributed by atoms with Gasteiger partial charge in [-0.15, -0.1) is 0 Å². The number of aryl methyl sites for hydroxylation is 1. The number of hydrogen-bond donors (Lipinski definition) is 1. The number of nitrogens with zero attached hydrogens (tertiary/aromatic N) is 2. The van der Waals surface area contributed by atoms with Crippen molar-refractivity contribution in [3.05, 3.63) is 130 Å². The van der Waals surface area contributed by atoms with E-state index < -0.39 is 28.5 Å². The molecule has 236 valence electrons. The zero-order valence-corrected chi connectivity index (χ0v) is 27.8. The van der Waals surface area contributed by atoms with Crippen molar-refractivity contribution in [2.75, 3.05) is 10.8 Å². The number of benzene rings is 4. The maximum Gasteiger partial charge on any atom is 0.264 e. The van der Waals surface area contributed by atoms with E-state index in [-0.39, 0.29) is 45.5 Å². The van der Waals surface area contributed by atoms with E-state index in [0.717, 1.165) is 21.0 Å². The fourth-order valence-corrected chi connectivity index (χ4v) is 6.68. The van der Waals surface area contributed by atoms with Crippen LogP contribution in [-0.4, -0.2) is 43.8 Å². The second-order valence-electron chi connectivity index (χ2n) is 10.9. The summed E-state index contributed by atoms with van der Waals surface area (Å²) in [7, 11) is -4.30. The van der Waals surface area contributed by atoms with Gasteiger partial charge in [0.25, 0.3) is 10.0 Å². The van der Waals surface area contributed by atoms with E-state index in [1.807, 2.05) is 81.4 Å². The number of rotatable bonds is 13. The Hall–Kier alpha value is -3.85. The van der Waals surface area contributed by atoms with E-state index in [4.69, 9.17) is 23.2 Å². The summed E-state index contributed by atoms with van der Waals surface area (Å²) in [5, 5.41) is 3.16. The molecule has 0 fully saturated rings. The number of carbonyl (C=O) groups is 2. The molecule has 0 heterocycles. The molecule has 0 aliphatic rings. The van der Waals surface area contributed by atoms with Crippen LogP contribution in [0.5, 0.6) is 0 Å². The predicted octanol–water partition coefficient (Wildman–Crippen LogP) is 7.05. The first-order chi connectivity index (χ1) is 21.5. The van der Waals surface area contributed by atoms with E-state index in [2.05, 4.69) is 5.32 Å². The molecule has 2 atom stereocenters. The Morgan fingerprint density at radius 2 is 1.42 bits per heavy atom. The van der Waals surface area contributed by atoms with Gasteiger partial charge in [0, 0.05) is 19.0 Å². The molecule has 4 aromatic rings. The molecule has 0 saturated heterocycles. The molecule has 0 unspecified atom stereocenters. The first-order valence-corrected chi connectivity index (χ1v) is 16.9. The van der Waals surface area contributed by atoms with Crippen molar-refractivity contribution in [1.29, 1.82) is 0 Å². The molecule has 0 aliphatic heterocycles. The molecular weight excluding hydrogens is 629 g/mol. The van der Waals surface area contributed by atoms with Crippen molar-refractivity contribution in [1.82, 2.24) is 10.2 Å². The first-order valence-electron chi connectivity index (χ1n) is 14.7.